The number of hydrazine groups is 1. The van der Waals surface area contributed by atoms with E-state index in [4.69, 9.17) is 35.4 Å². The van der Waals surface area contributed by atoms with Crippen LogP contribution in [0.4, 0.5) is 5.69 Å². The van der Waals surface area contributed by atoms with Gasteiger partial charge in [0.05, 0.1) is 16.9 Å². The quantitative estimate of drug-likeness (QED) is 0.384. The molecular weight excluding hydrogens is 343 g/mol. The zero-order chi connectivity index (χ0) is 15.9. The number of anilines is 1. The summed E-state index contributed by atoms with van der Waals surface area (Å²) in [5, 5.41) is 14.5. The van der Waals surface area contributed by atoms with E-state index in [-0.39, 0.29) is 15.9 Å². The molecule has 0 heterocycles. The lowest BCUT2D eigenvalue weighted by molar-refractivity contribution is 0.474. The van der Waals surface area contributed by atoms with Gasteiger partial charge in [-0.05, 0) is 36.5 Å². The summed E-state index contributed by atoms with van der Waals surface area (Å²) in [5.41, 5.74) is 9.50. The van der Waals surface area contributed by atoms with Crippen LogP contribution in [0, 0.1) is 0 Å². The number of nitrogens with one attached hydrogen (secondary N) is 3. The second-order valence-corrected chi connectivity index (χ2v) is 5.39. The molecule has 2 rings (SSSR count). The Morgan fingerprint density at radius 1 is 1.18 bits per heavy atom. The first-order chi connectivity index (χ1) is 10.6. The predicted molar refractivity (Wildman–Crippen MR) is 94.7 cm³/mol. The number of hydrogen-bond donors (Lipinski definition) is 4. The first kappa shape index (κ1) is 16.4. The van der Waals surface area contributed by atoms with E-state index in [1.54, 1.807) is 0 Å². The summed E-state index contributed by atoms with van der Waals surface area (Å²) in [6.07, 6.45) is 1.36. The summed E-state index contributed by atoms with van der Waals surface area (Å²) in [5.74, 6) is -0.0992. The van der Waals surface area contributed by atoms with Crippen molar-refractivity contribution in [3.63, 3.8) is 0 Å². The maximum Gasteiger partial charge on any atom is 0.205 e. The smallest absolute Gasteiger partial charge is 0.205 e. The molecule has 0 aliphatic carbocycles. The second-order valence-electron chi connectivity index (χ2n) is 4.14. The van der Waals surface area contributed by atoms with Crippen LogP contribution >= 0.6 is 35.4 Å². The largest absolute Gasteiger partial charge is 0.506 e. The van der Waals surface area contributed by atoms with Crippen LogP contribution in [0.2, 0.25) is 10.0 Å². The minimum atomic E-state index is -0.0992. The average molecular weight is 355 g/mol. The van der Waals surface area contributed by atoms with Crippen LogP contribution in [-0.4, -0.2) is 16.4 Å². The Morgan fingerprint density at radius 2 is 1.91 bits per heavy atom. The fourth-order valence-electron chi connectivity index (χ4n) is 1.52. The summed E-state index contributed by atoms with van der Waals surface area (Å²) < 4.78 is 0. The molecule has 0 fully saturated rings. The third-order valence-corrected chi connectivity index (χ3v) is 3.22. The molecule has 5 nitrogen and oxygen atoms in total. The molecule has 4 N–H and O–H groups in total. The number of hydrazone groups is 1. The number of aromatic hydroxyl groups is 1. The van der Waals surface area contributed by atoms with Gasteiger partial charge in [0.15, 0.2) is 0 Å². The van der Waals surface area contributed by atoms with E-state index < -0.39 is 0 Å². The Kier molecular flexibility index (Phi) is 5.83. The number of phenolic OH excluding ortho intramolecular Hbond substituents is 1. The summed E-state index contributed by atoms with van der Waals surface area (Å²) in [7, 11) is 0. The highest BCUT2D eigenvalue weighted by atomic mass is 35.5. The van der Waals surface area contributed by atoms with Crippen molar-refractivity contribution in [1.29, 1.82) is 0 Å². The molecule has 0 bridgehead atoms. The van der Waals surface area contributed by atoms with Gasteiger partial charge in [0.2, 0.25) is 5.11 Å². The molecule has 2 aromatic carbocycles. The molecular formula is C14H12Cl2N4OS. The third-order valence-electron chi connectivity index (χ3n) is 2.52. The molecule has 0 unspecified atom stereocenters. The maximum absolute atomic E-state index is 9.77. The molecule has 0 radical (unpaired) electrons. The maximum atomic E-state index is 9.77. The van der Waals surface area contributed by atoms with Crippen molar-refractivity contribution in [2.45, 2.75) is 0 Å². The summed E-state index contributed by atoms with van der Waals surface area (Å²) in [4.78, 5) is 0. The molecule has 0 aromatic heterocycles. The monoisotopic (exact) mass is 354 g/mol. The Morgan fingerprint density at radius 3 is 2.64 bits per heavy atom. The lowest BCUT2D eigenvalue weighted by Gasteiger charge is -2.09. The van der Waals surface area contributed by atoms with Crippen molar-refractivity contribution in [2.24, 2.45) is 5.10 Å². The van der Waals surface area contributed by atoms with Gasteiger partial charge in [0.1, 0.15) is 5.75 Å². The molecule has 22 heavy (non-hydrogen) atoms. The molecule has 2 aromatic rings. The lowest BCUT2D eigenvalue weighted by Crippen LogP contribution is -2.36. The van der Waals surface area contributed by atoms with Gasteiger partial charge in [0.25, 0.3) is 0 Å². The molecule has 0 saturated heterocycles. The number of phenols is 1. The SMILES string of the molecule is Oc1c(Cl)cc(Cl)cc1/C=N/NC(=S)NNc1ccccc1. The van der Waals surface area contributed by atoms with Crippen molar-refractivity contribution in [1.82, 2.24) is 10.9 Å². The zero-order valence-corrected chi connectivity index (χ0v) is 13.5. The number of nitrogens with zero attached hydrogens (tertiary/aromatic N) is 1. The molecule has 0 atom stereocenters. The average Bonchev–Trinajstić information content (AvgIpc) is 2.51. The predicted octanol–water partition coefficient (Wildman–Crippen LogP) is 3.52. The normalized spacial score (nSPS) is 10.5. The van der Waals surface area contributed by atoms with Crippen LogP contribution in [-0.2, 0) is 0 Å². The van der Waals surface area contributed by atoms with Crippen molar-refractivity contribution in [3.05, 3.63) is 58.1 Å². The molecule has 114 valence electrons. The van der Waals surface area contributed by atoms with Gasteiger partial charge in [-0.3, -0.25) is 16.3 Å². The molecule has 0 amide bonds. The Bertz CT molecular complexity index is 695. The van der Waals surface area contributed by atoms with E-state index in [1.807, 2.05) is 30.3 Å². The van der Waals surface area contributed by atoms with Gasteiger partial charge in [-0.1, -0.05) is 41.4 Å². The second kappa shape index (κ2) is 7.84. The third kappa shape index (κ3) is 4.77. The lowest BCUT2D eigenvalue weighted by atomic mass is 10.2. The van der Waals surface area contributed by atoms with Crippen LogP contribution < -0.4 is 16.3 Å². The number of benzene rings is 2. The van der Waals surface area contributed by atoms with E-state index in [0.717, 1.165) is 5.69 Å². The number of hydrogen-bond acceptors (Lipinski definition) is 4. The van der Waals surface area contributed by atoms with Crippen LogP contribution in [0.3, 0.4) is 0 Å². The van der Waals surface area contributed by atoms with Crippen molar-refractivity contribution in [3.8, 4) is 5.75 Å². The van der Waals surface area contributed by atoms with Crippen molar-refractivity contribution in [2.75, 3.05) is 5.43 Å². The van der Waals surface area contributed by atoms with Crippen molar-refractivity contribution >= 4 is 52.4 Å². The van der Waals surface area contributed by atoms with E-state index in [0.29, 0.717) is 10.6 Å². The summed E-state index contributed by atoms with van der Waals surface area (Å²) in [6, 6.07) is 12.4. The van der Waals surface area contributed by atoms with Gasteiger partial charge in [0, 0.05) is 10.6 Å². The fourth-order valence-corrected chi connectivity index (χ4v) is 2.14. The van der Waals surface area contributed by atoms with Crippen LogP contribution in [0.1, 0.15) is 5.56 Å². The molecule has 0 aliphatic heterocycles. The van der Waals surface area contributed by atoms with Gasteiger partial charge in [-0.25, -0.2) is 0 Å². The number of rotatable bonds is 4. The van der Waals surface area contributed by atoms with Crippen molar-refractivity contribution < 1.29 is 5.11 Å². The van der Waals surface area contributed by atoms with E-state index in [9.17, 15) is 5.11 Å². The van der Waals surface area contributed by atoms with E-state index >= 15 is 0 Å². The summed E-state index contributed by atoms with van der Waals surface area (Å²) >= 11 is 16.7. The standard InChI is InChI=1S/C14H12Cl2N4OS/c15-10-6-9(13(21)12(16)7-10)8-17-19-14(22)20-18-11-4-2-1-3-5-11/h1-8,18,21H,(H2,19,20,22)/b17-8+. The zero-order valence-electron chi connectivity index (χ0n) is 11.2. The minimum Gasteiger partial charge on any atom is -0.506 e. The van der Waals surface area contributed by atoms with Gasteiger partial charge in [-0.15, -0.1) is 0 Å². The van der Waals surface area contributed by atoms with Crippen LogP contribution in [0.15, 0.2) is 47.6 Å². The van der Waals surface area contributed by atoms with Gasteiger partial charge in [-0.2, -0.15) is 5.10 Å². The van der Waals surface area contributed by atoms with Gasteiger partial charge < -0.3 is 5.11 Å². The van der Waals surface area contributed by atoms with Gasteiger partial charge >= 0.3 is 0 Å². The highest BCUT2D eigenvalue weighted by molar-refractivity contribution is 7.80. The fraction of sp³-hybridized carbons (Fsp3) is 0. The topological polar surface area (TPSA) is 68.7 Å². The minimum absolute atomic E-state index is 0.0992. The number of para-hydroxylation sites is 1. The van der Waals surface area contributed by atoms with Crippen LogP contribution in [0.5, 0.6) is 5.75 Å². The molecule has 0 aliphatic rings. The van der Waals surface area contributed by atoms with Crippen LogP contribution in [0.25, 0.3) is 0 Å². The first-order valence-electron chi connectivity index (χ1n) is 6.14. The van der Waals surface area contributed by atoms with E-state index in [1.165, 1.54) is 18.3 Å². The first-order valence-corrected chi connectivity index (χ1v) is 7.31. The summed E-state index contributed by atoms with van der Waals surface area (Å²) in [6.45, 7) is 0. The van der Waals surface area contributed by atoms with E-state index in [2.05, 4.69) is 21.4 Å². The highest BCUT2D eigenvalue weighted by Gasteiger charge is 2.05. The molecule has 0 saturated carbocycles. The highest BCUT2D eigenvalue weighted by Crippen LogP contribution is 2.29. The number of thiocarbonyl (C=S) groups is 1. The Balaban J connectivity index is 1.88. The number of halogens is 2. The Hall–Kier alpha value is -2.02. The molecule has 8 heteroatoms. The Labute approximate surface area is 142 Å². The molecule has 0 spiro atoms.